The van der Waals surface area contributed by atoms with Gasteiger partial charge in [0.25, 0.3) is 0 Å². The summed E-state index contributed by atoms with van der Waals surface area (Å²) in [5, 5.41) is 0. The van der Waals surface area contributed by atoms with E-state index in [2.05, 4.69) is 4.74 Å². The number of carbonyl (C=O) groups is 1. The molecule has 0 radical (unpaired) electrons. The first-order chi connectivity index (χ1) is 7.07. The van der Waals surface area contributed by atoms with Gasteiger partial charge in [-0.05, 0) is 19.1 Å². The minimum absolute atomic E-state index is 0.178. The first-order valence-corrected chi connectivity index (χ1v) is 4.61. The molecule has 0 saturated carbocycles. The smallest absolute Gasteiger partial charge is 0.340 e. The molecule has 1 aromatic rings. The van der Waals surface area contributed by atoms with Crippen LogP contribution < -0.4 is 0 Å². The third-order valence-electron chi connectivity index (χ3n) is 1.73. The van der Waals surface area contributed by atoms with Crippen LogP contribution in [0.1, 0.15) is 29.8 Å². The predicted molar refractivity (Wildman–Crippen MR) is 53.8 cm³/mol. The number of rotatable bonds is 1. The maximum Gasteiger partial charge on any atom is 0.340 e. The van der Waals surface area contributed by atoms with Crippen LogP contribution >= 0.6 is 0 Å². The van der Waals surface area contributed by atoms with Crippen LogP contribution in [0.3, 0.4) is 0 Å². The van der Waals surface area contributed by atoms with Gasteiger partial charge in [0.05, 0.1) is 12.7 Å². The molecule has 0 aliphatic heterocycles. The molecule has 0 aliphatic carbocycles. The molecular weight excluding hydrogens is 202 g/mol. The van der Waals surface area contributed by atoms with Crippen LogP contribution in [0.2, 0.25) is 0 Å². The third-order valence-corrected chi connectivity index (χ3v) is 1.73. The summed E-state index contributed by atoms with van der Waals surface area (Å²) in [6, 6.07) is 2.09. The van der Waals surface area contributed by atoms with Gasteiger partial charge in [0.1, 0.15) is 11.6 Å². The molecule has 4 heteroatoms. The van der Waals surface area contributed by atoms with Gasteiger partial charge in [0.2, 0.25) is 0 Å². The molecule has 2 nitrogen and oxygen atoms in total. The molecule has 0 aliphatic rings. The lowest BCUT2D eigenvalue weighted by Gasteiger charge is -2.03. The molecule has 0 saturated heterocycles. The van der Waals surface area contributed by atoms with Crippen LogP contribution in [0.5, 0.6) is 0 Å². The van der Waals surface area contributed by atoms with E-state index in [4.69, 9.17) is 0 Å². The number of esters is 1. The van der Waals surface area contributed by atoms with Crippen LogP contribution in [0.15, 0.2) is 12.1 Å². The maximum atomic E-state index is 13.2. The summed E-state index contributed by atoms with van der Waals surface area (Å²) in [4.78, 5) is 10.9. The van der Waals surface area contributed by atoms with Gasteiger partial charge in [-0.1, -0.05) is 13.8 Å². The summed E-state index contributed by atoms with van der Waals surface area (Å²) in [5.41, 5.74) is -0.427. The summed E-state index contributed by atoms with van der Waals surface area (Å²) in [7, 11) is 1.14. The fraction of sp³-hybridized carbons (Fsp3) is 0.364. The Morgan fingerprint density at radius 2 is 1.80 bits per heavy atom. The zero-order chi connectivity index (χ0) is 12.0. The average molecular weight is 216 g/mol. The average Bonchev–Trinajstić information content (AvgIpc) is 2.28. The van der Waals surface area contributed by atoms with Gasteiger partial charge in [-0.15, -0.1) is 0 Å². The summed E-state index contributed by atoms with van der Waals surface area (Å²) >= 11 is 0. The quantitative estimate of drug-likeness (QED) is 0.674. The van der Waals surface area contributed by atoms with Crippen LogP contribution in [0.25, 0.3) is 0 Å². The van der Waals surface area contributed by atoms with Crippen molar-refractivity contribution in [3.05, 3.63) is 34.9 Å². The molecule has 84 valence electrons. The van der Waals surface area contributed by atoms with E-state index in [0.717, 1.165) is 19.2 Å². The topological polar surface area (TPSA) is 26.3 Å². The van der Waals surface area contributed by atoms with E-state index in [0.29, 0.717) is 0 Å². The summed E-state index contributed by atoms with van der Waals surface area (Å²) in [5.74, 6) is -2.35. The summed E-state index contributed by atoms with van der Waals surface area (Å²) < 4.78 is 30.2. The lowest BCUT2D eigenvalue weighted by atomic mass is 10.1. The molecule has 0 heterocycles. The number of ether oxygens (including phenoxy) is 1. The van der Waals surface area contributed by atoms with Crippen molar-refractivity contribution in [1.29, 1.82) is 0 Å². The van der Waals surface area contributed by atoms with E-state index in [9.17, 15) is 13.6 Å². The normalized spacial score (nSPS) is 8.93. The van der Waals surface area contributed by atoms with E-state index < -0.39 is 17.6 Å². The SMILES string of the molecule is CC.COC(=O)c1ccc(F)c(C)c1F. The van der Waals surface area contributed by atoms with Crippen molar-refractivity contribution in [2.24, 2.45) is 0 Å². The number of benzene rings is 1. The van der Waals surface area contributed by atoms with Crippen molar-refractivity contribution < 1.29 is 18.3 Å². The van der Waals surface area contributed by atoms with Crippen molar-refractivity contribution in [3.8, 4) is 0 Å². The number of methoxy groups -OCH3 is 1. The molecule has 1 aromatic carbocycles. The Kier molecular flexibility index (Phi) is 5.52. The van der Waals surface area contributed by atoms with E-state index in [-0.39, 0.29) is 11.1 Å². The molecule has 0 spiro atoms. The number of hydrogen-bond donors (Lipinski definition) is 0. The molecule has 0 N–H and O–H groups in total. The Bertz CT molecular complexity index is 349. The Balaban J connectivity index is 0.000000921. The van der Waals surface area contributed by atoms with Crippen LogP contribution in [-0.4, -0.2) is 13.1 Å². The Morgan fingerprint density at radius 3 is 2.27 bits per heavy atom. The molecule has 0 fully saturated rings. The first kappa shape index (κ1) is 13.5. The second-order valence-electron chi connectivity index (χ2n) is 2.53. The number of carbonyl (C=O) groups excluding carboxylic acids is 1. The minimum atomic E-state index is -0.869. The van der Waals surface area contributed by atoms with Gasteiger partial charge < -0.3 is 4.74 Å². The molecule has 0 aromatic heterocycles. The monoisotopic (exact) mass is 216 g/mol. The van der Waals surface area contributed by atoms with E-state index >= 15 is 0 Å². The van der Waals surface area contributed by atoms with Crippen LogP contribution in [-0.2, 0) is 4.74 Å². The molecule has 0 bridgehead atoms. The van der Waals surface area contributed by atoms with Gasteiger partial charge in [0, 0.05) is 5.56 Å². The molecule has 0 amide bonds. The highest BCUT2D eigenvalue weighted by atomic mass is 19.1. The molecule has 15 heavy (non-hydrogen) atoms. The van der Waals surface area contributed by atoms with Crippen molar-refractivity contribution in [1.82, 2.24) is 0 Å². The second kappa shape index (κ2) is 6.11. The fourth-order valence-electron chi connectivity index (χ4n) is 0.929. The predicted octanol–water partition coefficient (Wildman–Crippen LogP) is 3.09. The van der Waals surface area contributed by atoms with Crippen LogP contribution in [0, 0.1) is 18.6 Å². The highest BCUT2D eigenvalue weighted by Gasteiger charge is 2.15. The van der Waals surface area contributed by atoms with Gasteiger partial charge in [-0.3, -0.25) is 0 Å². The molecular formula is C11H14F2O2. The highest BCUT2D eigenvalue weighted by Crippen LogP contribution is 2.16. The molecule has 1 rings (SSSR count). The van der Waals surface area contributed by atoms with Gasteiger partial charge in [-0.25, -0.2) is 13.6 Å². The maximum absolute atomic E-state index is 13.2. The summed E-state index contributed by atoms with van der Waals surface area (Å²) in [6.45, 7) is 5.26. The Hall–Kier alpha value is -1.45. The fourth-order valence-corrected chi connectivity index (χ4v) is 0.929. The van der Waals surface area contributed by atoms with Gasteiger partial charge >= 0.3 is 5.97 Å². The second-order valence-corrected chi connectivity index (χ2v) is 2.53. The largest absolute Gasteiger partial charge is 0.465 e. The molecule has 0 atom stereocenters. The lowest BCUT2D eigenvalue weighted by molar-refractivity contribution is 0.0595. The van der Waals surface area contributed by atoms with Crippen molar-refractivity contribution in [2.75, 3.05) is 7.11 Å². The Morgan fingerprint density at radius 1 is 1.27 bits per heavy atom. The number of halogens is 2. The zero-order valence-corrected chi connectivity index (χ0v) is 9.23. The Labute approximate surface area is 87.9 Å². The van der Waals surface area contributed by atoms with Crippen LogP contribution in [0.4, 0.5) is 8.78 Å². The van der Waals surface area contributed by atoms with Gasteiger partial charge in [-0.2, -0.15) is 0 Å². The number of hydrogen-bond acceptors (Lipinski definition) is 2. The lowest BCUT2D eigenvalue weighted by Crippen LogP contribution is -2.06. The van der Waals surface area contributed by atoms with E-state index in [1.807, 2.05) is 13.8 Å². The van der Waals surface area contributed by atoms with E-state index in [1.54, 1.807) is 0 Å². The van der Waals surface area contributed by atoms with Crippen molar-refractivity contribution in [2.45, 2.75) is 20.8 Å². The van der Waals surface area contributed by atoms with Crippen molar-refractivity contribution in [3.63, 3.8) is 0 Å². The molecule has 0 unspecified atom stereocenters. The standard InChI is InChI=1S/C9H8F2O2.C2H6/c1-5-7(10)4-3-6(8(5)11)9(12)13-2;1-2/h3-4H,1-2H3;1-2H3. The summed E-state index contributed by atoms with van der Waals surface area (Å²) in [6.07, 6.45) is 0. The highest BCUT2D eigenvalue weighted by molar-refractivity contribution is 5.89. The van der Waals surface area contributed by atoms with Gasteiger partial charge in [0.15, 0.2) is 0 Å². The third kappa shape index (κ3) is 3.01. The van der Waals surface area contributed by atoms with E-state index in [1.165, 1.54) is 6.92 Å². The zero-order valence-electron chi connectivity index (χ0n) is 9.23. The first-order valence-electron chi connectivity index (χ1n) is 4.61. The minimum Gasteiger partial charge on any atom is -0.465 e. The van der Waals surface area contributed by atoms with Crippen molar-refractivity contribution >= 4 is 5.97 Å².